The smallest absolute Gasteiger partial charge is 0.416 e. The molecule has 1 aromatic heterocycles. The lowest BCUT2D eigenvalue weighted by molar-refractivity contribution is -0.138. The van der Waals surface area contributed by atoms with Gasteiger partial charge in [-0.25, -0.2) is 4.79 Å². The average molecular weight is 472 g/mol. The first-order valence-corrected chi connectivity index (χ1v) is 11.0. The molecule has 6 nitrogen and oxygen atoms in total. The third-order valence-electron chi connectivity index (χ3n) is 4.84. The second-order valence-corrected chi connectivity index (χ2v) is 7.85. The van der Waals surface area contributed by atoms with Gasteiger partial charge < -0.3 is 10.1 Å². The molecule has 0 saturated carbocycles. The van der Waals surface area contributed by atoms with Gasteiger partial charge in [0.15, 0.2) is 5.82 Å². The van der Waals surface area contributed by atoms with E-state index in [0.717, 1.165) is 11.0 Å². The molecule has 0 atom stereocenters. The predicted octanol–water partition coefficient (Wildman–Crippen LogP) is 6.53. The number of fused-ring (bicyclic) bond motifs is 1. The maximum Gasteiger partial charge on any atom is 0.416 e. The fourth-order valence-electron chi connectivity index (χ4n) is 3.27. The van der Waals surface area contributed by atoms with Crippen molar-refractivity contribution in [2.24, 2.45) is 0 Å². The molecule has 10 heteroatoms. The number of halogens is 3. The topological polar surface area (TPSA) is 79.0 Å². The van der Waals surface area contributed by atoms with Gasteiger partial charge in [0, 0.05) is 15.8 Å². The van der Waals surface area contributed by atoms with Gasteiger partial charge in [0.1, 0.15) is 12.4 Å². The Bertz CT molecular complexity index is 1290. The molecule has 4 aromatic rings. The number of H-pyrrole nitrogens is 1. The molecule has 0 aliphatic rings. The molecule has 4 rings (SSSR count). The first kappa shape index (κ1) is 22.5. The molecule has 0 unspecified atom stereocenters. The Hall–Kier alpha value is -3.66. The number of aromatic nitrogens is 2. The van der Waals surface area contributed by atoms with Gasteiger partial charge in [-0.2, -0.15) is 18.3 Å². The molecule has 0 radical (unpaired) electrons. The second-order valence-electron chi connectivity index (χ2n) is 7.00. The third kappa shape index (κ3) is 5.23. The van der Waals surface area contributed by atoms with Crippen molar-refractivity contribution in [1.82, 2.24) is 10.2 Å². The van der Waals surface area contributed by atoms with E-state index in [1.54, 1.807) is 24.3 Å². The Balaban J connectivity index is 1.49. The highest BCUT2D eigenvalue weighted by atomic mass is 32.2. The number of carbonyl (C=O) groups excluding carboxylic acids is 1. The third-order valence-corrected chi connectivity index (χ3v) is 5.63. The van der Waals surface area contributed by atoms with Crippen LogP contribution in [-0.2, 0) is 12.8 Å². The van der Waals surface area contributed by atoms with Gasteiger partial charge in [-0.3, -0.25) is 10.4 Å². The molecular weight excluding hydrogens is 453 g/mol. The molecule has 170 valence electrons. The molecule has 2 amide bonds. The lowest BCUT2D eigenvalue weighted by atomic mass is 10.1. The van der Waals surface area contributed by atoms with E-state index >= 15 is 0 Å². The summed E-state index contributed by atoms with van der Waals surface area (Å²) in [6.07, 6.45) is -2.55. The van der Waals surface area contributed by atoms with Gasteiger partial charge >= 0.3 is 12.2 Å². The number of para-hydroxylation sites is 1. The molecule has 3 aromatic carbocycles. The number of hydrogen-bond donors (Lipinski definition) is 3. The van der Waals surface area contributed by atoms with E-state index in [1.165, 1.54) is 30.0 Å². The fourth-order valence-corrected chi connectivity index (χ4v) is 3.82. The molecule has 0 saturated heterocycles. The highest BCUT2D eigenvalue weighted by molar-refractivity contribution is 7.98. The van der Waals surface area contributed by atoms with E-state index in [9.17, 15) is 18.0 Å². The molecule has 0 aliphatic carbocycles. The minimum atomic E-state index is -4.46. The van der Waals surface area contributed by atoms with Crippen LogP contribution in [0, 0.1) is 0 Å². The number of benzene rings is 3. The summed E-state index contributed by atoms with van der Waals surface area (Å²) >= 11 is 1.50. The molecular formula is C23H19F3N4O2S. The van der Waals surface area contributed by atoms with Crippen molar-refractivity contribution in [3.8, 4) is 5.75 Å². The van der Waals surface area contributed by atoms with Gasteiger partial charge in [-0.1, -0.05) is 30.3 Å². The zero-order valence-electron chi connectivity index (χ0n) is 17.4. The molecule has 0 bridgehead atoms. The lowest BCUT2D eigenvalue weighted by Crippen LogP contribution is -2.20. The molecule has 33 heavy (non-hydrogen) atoms. The Kier molecular flexibility index (Phi) is 6.45. The predicted molar refractivity (Wildman–Crippen MR) is 123 cm³/mol. The van der Waals surface area contributed by atoms with Crippen molar-refractivity contribution in [3.05, 3.63) is 77.9 Å². The Morgan fingerprint density at radius 3 is 2.61 bits per heavy atom. The minimum absolute atomic E-state index is 0.0301. The van der Waals surface area contributed by atoms with Crippen LogP contribution >= 0.6 is 11.8 Å². The van der Waals surface area contributed by atoms with Crippen LogP contribution in [0.2, 0.25) is 0 Å². The van der Waals surface area contributed by atoms with E-state index in [2.05, 4.69) is 20.8 Å². The number of hydrogen-bond acceptors (Lipinski definition) is 4. The summed E-state index contributed by atoms with van der Waals surface area (Å²) in [5.74, 6) is 0.613. The highest BCUT2D eigenvalue weighted by Crippen LogP contribution is 2.33. The zero-order valence-corrected chi connectivity index (χ0v) is 18.2. The van der Waals surface area contributed by atoms with Crippen LogP contribution in [0.5, 0.6) is 5.75 Å². The summed E-state index contributed by atoms with van der Waals surface area (Å²) < 4.78 is 45.2. The van der Waals surface area contributed by atoms with Crippen molar-refractivity contribution in [3.63, 3.8) is 0 Å². The van der Waals surface area contributed by atoms with E-state index in [0.29, 0.717) is 22.3 Å². The molecule has 0 fully saturated rings. The Morgan fingerprint density at radius 1 is 1.06 bits per heavy atom. The van der Waals surface area contributed by atoms with Crippen LogP contribution in [0.1, 0.15) is 11.1 Å². The van der Waals surface area contributed by atoms with Crippen molar-refractivity contribution < 1.29 is 22.7 Å². The summed E-state index contributed by atoms with van der Waals surface area (Å²) in [7, 11) is 0. The van der Waals surface area contributed by atoms with Gasteiger partial charge in [0.25, 0.3) is 0 Å². The fraction of sp³-hybridized carbons (Fsp3) is 0.130. The number of nitrogens with zero attached hydrogens (tertiary/aromatic N) is 1. The normalized spacial score (nSPS) is 11.4. The Morgan fingerprint density at radius 2 is 1.82 bits per heavy atom. The number of rotatable bonds is 6. The van der Waals surface area contributed by atoms with E-state index in [1.807, 2.05) is 24.5 Å². The first-order chi connectivity index (χ1) is 15.8. The van der Waals surface area contributed by atoms with Gasteiger partial charge in [-0.05, 0) is 42.7 Å². The summed E-state index contributed by atoms with van der Waals surface area (Å²) in [4.78, 5) is 13.4. The molecule has 0 spiro atoms. The number of carbonyl (C=O) groups is 1. The van der Waals surface area contributed by atoms with Crippen molar-refractivity contribution >= 4 is 40.2 Å². The molecule has 1 heterocycles. The number of anilines is 2. The quantitative estimate of drug-likeness (QED) is 0.279. The van der Waals surface area contributed by atoms with Gasteiger partial charge in [-0.15, -0.1) is 11.8 Å². The van der Waals surface area contributed by atoms with Crippen LogP contribution in [0.25, 0.3) is 10.9 Å². The second kappa shape index (κ2) is 9.45. The number of thioether (sulfide) groups is 1. The van der Waals surface area contributed by atoms with Gasteiger partial charge in [0.2, 0.25) is 0 Å². The molecule has 0 aliphatic heterocycles. The zero-order chi connectivity index (χ0) is 23.4. The van der Waals surface area contributed by atoms with Crippen molar-refractivity contribution in [2.45, 2.75) is 17.7 Å². The van der Waals surface area contributed by atoms with Crippen LogP contribution in [0.3, 0.4) is 0 Å². The monoisotopic (exact) mass is 472 g/mol. The number of aromatic amines is 1. The summed E-state index contributed by atoms with van der Waals surface area (Å²) in [6, 6.07) is 17.1. The SMILES string of the molecule is CSc1ccccc1NC(=O)Nc1n[nH]c2ccc(OCc3ccccc3C(F)(F)F)cc12. The number of ether oxygens (including phenoxy) is 1. The molecule has 3 N–H and O–H groups in total. The van der Waals surface area contributed by atoms with Crippen molar-refractivity contribution in [1.29, 1.82) is 0 Å². The van der Waals surface area contributed by atoms with Crippen LogP contribution < -0.4 is 15.4 Å². The first-order valence-electron chi connectivity index (χ1n) is 9.82. The van der Waals surface area contributed by atoms with Crippen LogP contribution in [-0.4, -0.2) is 22.5 Å². The highest BCUT2D eigenvalue weighted by Gasteiger charge is 2.33. The number of alkyl halides is 3. The summed E-state index contributed by atoms with van der Waals surface area (Å²) in [6.45, 7) is -0.256. The summed E-state index contributed by atoms with van der Waals surface area (Å²) in [5, 5.41) is 13.0. The van der Waals surface area contributed by atoms with E-state index in [4.69, 9.17) is 4.74 Å². The maximum absolute atomic E-state index is 13.2. The van der Waals surface area contributed by atoms with Crippen molar-refractivity contribution in [2.75, 3.05) is 16.9 Å². The number of urea groups is 1. The minimum Gasteiger partial charge on any atom is -0.489 e. The van der Waals surface area contributed by atoms with E-state index < -0.39 is 17.8 Å². The van der Waals surface area contributed by atoms with Crippen LogP contribution in [0.15, 0.2) is 71.6 Å². The van der Waals surface area contributed by atoms with Crippen LogP contribution in [0.4, 0.5) is 29.5 Å². The average Bonchev–Trinajstić information content (AvgIpc) is 3.19. The number of nitrogens with one attached hydrogen (secondary N) is 3. The summed E-state index contributed by atoms with van der Waals surface area (Å²) in [5.41, 5.74) is 0.592. The Labute approximate surface area is 191 Å². The number of amides is 2. The standard InChI is InChI=1S/C23H19F3N4O2S/c1-33-20-9-5-4-8-19(20)27-22(31)28-21-16-12-15(10-11-18(16)29-30-21)32-13-14-6-2-3-7-17(14)23(24,25)26/h2-12H,13H2,1H3,(H3,27,28,29,30,31). The lowest BCUT2D eigenvalue weighted by Gasteiger charge is -2.13. The maximum atomic E-state index is 13.2. The largest absolute Gasteiger partial charge is 0.489 e. The van der Waals surface area contributed by atoms with E-state index in [-0.39, 0.29) is 18.0 Å². The van der Waals surface area contributed by atoms with Gasteiger partial charge in [0.05, 0.1) is 16.8 Å².